The van der Waals surface area contributed by atoms with Crippen molar-refractivity contribution in [1.29, 1.82) is 0 Å². The lowest BCUT2D eigenvalue weighted by Crippen LogP contribution is -2.36. The van der Waals surface area contributed by atoms with Crippen LogP contribution in [0.15, 0.2) is 11.6 Å². The molecular weight excluding hydrogens is 250 g/mol. The summed E-state index contributed by atoms with van der Waals surface area (Å²) >= 11 is 0. The topological polar surface area (TPSA) is 21.7 Å². The van der Waals surface area contributed by atoms with Gasteiger partial charge in [0.2, 0.25) is 0 Å². The van der Waals surface area contributed by atoms with Gasteiger partial charge in [-0.05, 0) is 51.1 Å². The van der Waals surface area contributed by atoms with Crippen molar-refractivity contribution in [2.75, 3.05) is 26.2 Å². The van der Waals surface area contributed by atoms with E-state index in [4.69, 9.17) is 9.47 Å². The minimum Gasteiger partial charge on any atom is -0.350 e. The van der Waals surface area contributed by atoms with Gasteiger partial charge < -0.3 is 14.4 Å². The summed E-state index contributed by atoms with van der Waals surface area (Å²) in [5, 5.41) is 0. The van der Waals surface area contributed by atoms with Crippen LogP contribution in [0.25, 0.3) is 0 Å². The van der Waals surface area contributed by atoms with Crippen LogP contribution in [0.5, 0.6) is 0 Å². The molecule has 20 heavy (non-hydrogen) atoms. The maximum atomic E-state index is 6.25. The van der Waals surface area contributed by atoms with Crippen LogP contribution in [0.1, 0.15) is 40.0 Å². The maximum absolute atomic E-state index is 6.25. The molecule has 0 radical (unpaired) electrons. The molecule has 3 aliphatic rings. The van der Waals surface area contributed by atoms with Gasteiger partial charge in [0.25, 0.3) is 0 Å². The number of allylic oxidation sites excluding steroid dienone is 2. The Hall–Kier alpha value is -0.380. The molecule has 0 N–H and O–H groups in total. The van der Waals surface area contributed by atoms with Crippen molar-refractivity contribution in [1.82, 2.24) is 4.90 Å². The molecule has 0 aromatic carbocycles. The molecule has 3 rings (SSSR count). The first-order valence-electron chi connectivity index (χ1n) is 8.30. The quantitative estimate of drug-likeness (QED) is 0.741. The molecule has 3 nitrogen and oxygen atoms in total. The molecule has 5 atom stereocenters. The Balaban J connectivity index is 1.56. The van der Waals surface area contributed by atoms with Crippen molar-refractivity contribution >= 4 is 0 Å². The first-order valence-corrected chi connectivity index (χ1v) is 8.30. The van der Waals surface area contributed by atoms with E-state index in [0.29, 0.717) is 17.8 Å². The van der Waals surface area contributed by atoms with Crippen molar-refractivity contribution in [3.05, 3.63) is 11.6 Å². The molecule has 114 valence electrons. The van der Waals surface area contributed by atoms with Crippen LogP contribution in [-0.2, 0) is 9.47 Å². The van der Waals surface area contributed by atoms with E-state index >= 15 is 0 Å². The van der Waals surface area contributed by atoms with E-state index in [1.165, 1.54) is 37.9 Å². The van der Waals surface area contributed by atoms with Crippen molar-refractivity contribution in [3.8, 4) is 0 Å². The Morgan fingerprint density at radius 3 is 2.70 bits per heavy atom. The van der Waals surface area contributed by atoms with E-state index in [1.807, 2.05) is 0 Å². The Morgan fingerprint density at radius 1 is 1.25 bits per heavy atom. The first-order chi connectivity index (χ1) is 9.63. The van der Waals surface area contributed by atoms with Crippen LogP contribution in [0, 0.1) is 17.8 Å². The predicted octanol–water partition coefficient (Wildman–Crippen LogP) is 3.06. The minimum atomic E-state index is 0.0111. The van der Waals surface area contributed by atoms with Crippen LogP contribution < -0.4 is 0 Å². The highest BCUT2D eigenvalue weighted by atomic mass is 16.7. The Labute approximate surface area is 123 Å². The van der Waals surface area contributed by atoms with Crippen molar-refractivity contribution in [3.63, 3.8) is 0 Å². The number of hydrogen-bond acceptors (Lipinski definition) is 3. The van der Waals surface area contributed by atoms with E-state index in [-0.39, 0.29) is 12.4 Å². The molecule has 2 aliphatic heterocycles. The summed E-state index contributed by atoms with van der Waals surface area (Å²) in [4.78, 5) is 2.52. The molecule has 0 spiro atoms. The molecule has 0 saturated carbocycles. The minimum absolute atomic E-state index is 0.0111. The number of hydrogen-bond donors (Lipinski definition) is 0. The monoisotopic (exact) mass is 279 g/mol. The lowest BCUT2D eigenvalue weighted by molar-refractivity contribution is -0.123. The molecule has 2 fully saturated rings. The summed E-state index contributed by atoms with van der Waals surface area (Å²) in [7, 11) is 0. The average molecular weight is 279 g/mol. The zero-order chi connectivity index (χ0) is 14.1. The summed E-state index contributed by atoms with van der Waals surface area (Å²) in [6.07, 6.45) is 6.58. The Bertz CT molecular complexity index is 362. The summed E-state index contributed by atoms with van der Waals surface area (Å²) in [6, 6.07) is 0. The summed E-state index contributed by atoms with van der Waals surface area (Å²) in [5.41, 5.74) is 1.52. The van der Waals surface area contributed by atoms with Crippen LogP contribution in [-0.4, -0.2) is 43.5 Å². The summed E-state index contributed by atoms with van der Waals surface area (Å²) < 4.78 is 12.3. The number of ether oxygens (including phenoxy) is 2. The molecule has 3 heteroatoms. The zero-order valence-electron chi connectivity index (χ0n) is 13.2. The zero-order valence-corrected chi connectivity index (χ0v) is 13.2. The number of rotatable bonds is 3. The molecular formula is C17H29NO2. The van der Waals surface area contributed by atoms with Gasteiger partial charge in [-0.3, -0.25) is 0 Å². The second-order valence-corrected chi connectivity index (χ2v) is 7.10. The van der Waals surface area contributed by atoms with Crippen LogP contribution in [0.2, 0.25) is 0 Å². The highest BCUT2D eigenvalue weighted by Gasteiger charge is 2.40. The van der Waals surface area contributed by atoms with Crippen molar-refractivity contribution in [2.45, 2.75) is 52.4 Å². The molecule has 0 bridgehead atoms. The summed E-state index contributed by atoms with van der Waals surface area (Å²) in [6.45, 7) is 11.2. The normalized spacial score (nSPS) is 43.0. The van der Waals surface area contributed by atoms with Crippen LogP contribution >= 0.6 is 0 Å². The van der Waals surface area contributed by atoms with Gasteiger partial charge in [0.15, 0.2) is 6.29 Å². The number of likely N-dealkylation sites (tertiary alicyclic amines) is 1. The second kappa shape index (κ2) is 6.17. The largest absolute Gasteiger partial charge is 0.350 e. The molecule has 0 unspecified atom stereocenters. The fraction of sp³-hybridized carbons (Fsp3) is 0.882. The molecule has 0 aromatic rings. The molecule has 2 saturated heterocycles. The molecule has 2 heterocycles. The fourth-order valence-electron chi connectivity index (χ4n) is 4.33. The van der Waals surface area contributed by atoms with Gasteiger partial charge in [0, 0.05) is 12.5 Å². The third-order valence-electron chi connectivity index (χ3n) is 5.20. The fourth-order valence-corrected chi connectivity index (χ4v) is 4.33. The van der Waals surface area contributed by atoms with Gasteiger partial charge in [-0.1, -0.05) is 25.5 Å². The Morgan fingerprint density at radius 2 is 2.00 bits per heavy atom. The average Bonchev–Trinajstić information content (AvgIpc) is 3.00. The molecule has 0 amide bonds. The summed E-state index contributed by atoms with van der Waals surface area (Å²) in [5.74, 6) is 1.74. The molecule has 1 aliphatic carbocycles. The third-order valence-corrected chi connectivity index (χ3v) is 5.20. The SMILES string of the molecule is CC1=C[C@@H](C)[C@H]([C@@H]2OC[C@H](CN3CCCC3)O2)[C@@H](C)C1. The van der Waals surface area contributed by atoms with E-state index < -0.39 is 0 Å². The standard InChI is InChI=1S/C17H29NO2/c1-12-8-13(2)16(14(3)9-12)17-19-11-15(20-17)10-18-6-4-5-7-18/h8,13-17H,4-7,9-11H2,1-3H3/t13-,14+,15+,16+,17-/m1/s1. The van der Waals surface area contributed by atoms with Crippen molar-refractivity contribution in [2.24, 2.45) is 17.8 Å². The van der Waals surface area contributed by atoms with Gasteiger partial charge in [-0.25, -0.2) is 0 Å². The van der Waals surface area contributed by atoms with E-state index in [2.05, 4.69) is 31.7 Å². The van der Waals surface area contributed by atoms with Crippen molar-refractivity contribution < 1.29 is 9.47 Å². The van der Waals surface area contributed by atoms with Gasteiger partial charge in [-0.15, -0.1) is 0 Å². The van der Waals surface area contributed by atoms with E-state index in [1.54, 1.807) is 0 Å². The third kappa shape index (κ3) is 3.10. The maximum Gasteiger partial charge on any atom is 0.161 e. The Kier molecular flexibility index (Phi) is 4.49. The highest BCUT2D eigenvalue weighted by Crippen LogP contribution is 2.39. The highest BCUT2D eigenvalue weighted by molar-refractivity contribution is 5.09. The lowest BCUT2D eigenvalue weighted by atomic mass is 9.74. The first kappa shape index (κ1) is 14.6. The van der Waals surface area contributed by atoms with Crippen LogP contribution in [0.4, 0.5) is 0 Å². The van der Waals surface area contributed by atoms with Crippen LogP contribution in [0.3, 0.4) is 0 Å². The second-order valence-electron chi connectivity index (χ2n) is 7.10. The number of nitrogens with zero attached hydrogens (tertiary/aromatic N) is 1. The van der Waals surface area contributed by atoms with Gasteiger partial charge in [0.05, 0.1) is 12.7 Å². The van der Waals surface area contributed by atoms with E-state index in [9.17, 15) is 0 Å². The van der Waals surface area contributed by atoms with E-state index in [0.717, 1.165) is 13.2 Å². The van der Waals surface area contributed by atoms with Gasteiger partial charge in [-0.2, -0.15) is 0 Å². The molecule has 0 aromatic heterocycles. The lowest BCUT2D eigenvalue weighted by Gasteiger charge is -2.36. The predicted molar refractivity (Wildman–Crippen MR) is 80.5 cm³/mol. The smallest absolute Gasteiger partial charge is 0.161 e. The van der Waals surface area contributed by atoms with Gasteiger partial charge in [0.1, 0.15) is 0 Å². The van der Waals surface area contributed by atoms with Gasteiger partial charge >= 0.3 is 0 Å².